The molecular weight excluding hydrogens is 126 g/mol. The van der Waals surface area contributed by atoms with Gasteiger partial charge in [0.15, 0.2) is 0 Å². The minimum atomic E-state index is 0.190. The molecule has 0 bridgehead atoms. The Labute approximate surface area is 61.6 Å². The highest BCUT2D eigenvalue weighted by atomic mass is 16.5. The van der Waals surface area contributed by atoms with Crippen LogP contribution in [0.5, 0.6) is 0 Å². The molecular formula is C8H13NO. The SMILES string of the molecule is CNC1C=CC=CC1OC. The number of ether oxygens (including phenoxy) is 1. The molecule has 10 heavy (non-hydrogen) atoms. The van der Waals surface area contributed by atoms with Crippen LogP contribution in [-0.4, -0.2) is 26.3 Å². The number of rotatable bonds is 2. The Kier molecular flexibility index (Phi) is 2.66. The van der Waals surface area contributed by atoms with Crippen LogP contribution in [0.3, 0.4) is 0 Å². The maximum absolute atomic E-state index is 5.19. The fourth-order valence-corrected chi connectivity index (χ4v) is 1.07. The van der Waals surface area contributed by atoms with Gasteiger partial charge in [-0.05, 0) is 7.05 Å². The molecule has 0 fully saturated rings. The average Bonchev–Trinajstić information content (AvgIpc) is 2.04. The van der Waals surface area contributed by atoms with E-state index in [2.05, 4.69) is 11.4 Å². The van der Waals surface area contributed by atoms with Crippen LogP contribution < -0.4 is 5.32 Å². The standard InChI is InChI=1S/C8H13NO/c1-9-7-5-3-4-6-8(7)10-2/h3-9H,1-2H3. The molecule has 2 atom stereocenters. The van der Waals surface area contributed by atoms with Gasteiger partial charge < -0.3 is 10.1 Å². The Morgan fingerprint density at radius 3 is 2.50 bits per heavy atom. The summed E-state index contributed by atoms with van der Waals surface area (Å²) in [4.78, 5) is 0. The van der Waals surface area contributed by atoms with Crippen LogP contribution in [0.25, 0.3) is 0 Å². The molecule has 1 aliphatic carbocycles. The molecule has 0 radical (unpaired) electrons. The lowest BCUT2D eigenvalue weighted by Gasteiger charge is -2.21. The molecule has 0 spiro atoms. The van der Waals surface area contributed by atoms with Gasteiger partial charge in [0.25, 0.3) is 0 Å². The molecule has 56 valence electrons. The predicted octanol–water partition coefficient (Wildman–Crippen LogP) is 0.715. The second kappa shape index (κ2) is 3.54. The van der Waals surface area contributed by atoms with Crippen molar-refractivity contribution >= 4 is 0 Å². The summed E-state index contributed by atoms with van der Waals surface area (Å²) in [6.45, 7) is 0. The van der Waals surface area contributed by atoms with E-state index in [9.17, 15) is 0 Å². The number of allylic oxidation sites excluding steroid dienone is 2. The molecule has 2 nitrogen and oxygen atoms in total. The summed E-state index contributed by atoms with van der Waals surface area (Å²) in [7, 11) is 3.65. The van der Waals surface area contributed by atoms with E-state index in [1.165, 1.54) is 0 Å². The zero-order chi connectivity index (χ0) is 7.40. The molecule has 0 heterocycles. The van der Waals surface area contributed by atoms with Crippen LogP contribution >= 0.6 is 0 Å². The van der Waals surface area contributed by atoms with E-state index in [0.29, 0.717) is 6.04 Å². The fraction of sp³-hybridized carbons (Fsp3) is 0.500. The van der Waals surface area contributed by atoms with Crippen molar-refractivity contribution in [2.75, 3.05) is 14.2 Å². The van der Waals surface area contributed by atoms with Gasteiger partial charge in [-0.15, -0.1) is 0 Å². The molecule has 0 aliphatic heterocycles. The monoisotopic (exact) mass is 139 g/mol. The first-order valence-electron chi connectivity index (χ1n) is 3.43. The fourth-order valence-electron chi connectivity index (χ4n) is 1.07. The molecule has 1 aliphatic rings. The van der Waals surface area contributed by atoms with Crippen LogP contribution in [0.2, 0.25) is 0 Å². The van der Waals surface area contributed by atoms with Crippen molar-refractivity contribution in [2.45, 2.75) is 12.1 Å². The summed E-state index contributed by atoms with van der Waals surface area (Å²) in [5, 5.41) is 3.14. The van der Waals surface area contributed by atoms with Gasteiger partial charge in [0.1, 0.15) is 0 Å². The normalized spacial score (nSPS) is 31.0. The van der Waals surface area contributed by atoms with Crippen molar-refractivity contribution < 1.29 is 4.74 Å². The molecule has 0 saturated carbocycles. The Hall–Kier alpha value is -0.600. The minimum Gasteiger partial charge on any atom is -0.375 e. The number of hydrogen-bond acceptors (Lipinski definition) is 2. The molecule has 1 rings (SSSR count). The predicted molar refractivity (Wildman–Crippen MR) is 41.9 cm³/mol. The molecule has 0 amide bonds. The van der Waals surface area contributed by atoms with Crippen molar-refractivity contribution in [3.05, 3.63) is 24.3 Å². The van der Waals surface area contributed by atoms with Crippen LogP contribution in [0.15, 0.2) is 24.3 Å². The third-order valence-electron chi connectivity index (χ3n) is 1.69. The summed E-state index contributed by atoms with van der Waals surface area (Å²) < 4.78 is 5.19. The number of hydrogen-bond donors (Lipinski definition) is 1. The zero-order valence-corrected chi connectivity index (χ0v) is 6.37. The Morgan fingerprint density at radius 2 is 2.00 bits per heavy atom. The van der Waals surface area contributed by atoms with Gasteiger partial charge in [-0.2, -0.15) is 0 Å². The number of likely N-dealkylation sites (N-methyl/N-ethyl adjacent to an activating group) is 1. The van der Waals surface area contributed by atoms with E-state index in [4.69, 9.17) is 4.74 Å². The summed E-state index contributed by atoms with van der Waals surface area (Å²) >= 11 is 0. The quantitative estimate of drug-likeness (QED) is 0.608. The third-order valence-corrected chi connectivity index (χ3v) is 1.69. The van der Waals surface area contributed by atoms with E-state index in [1.807, 2.05) is 25.3 Å². The molecule has 1 N–H and O–H groups in total. The largest absolute Gasteiger partial charge is 0.375 e. The Balaban J connectivity index is 2.55. The van der Waals surface area contributed by atoms with Gasteiger partial charge in [-0.3, -0.25) is 0 Å². The molecule has 0 aromatic rings. The van der Waals surface area contributed by atoms with Gasteiger partial charge in [-0.25, -0.2) is 0 Å². The van der Waals surface area contributed by atoms with Crippen LogP contribution in [0, 0.1) is 0 Å². The second-order valence-electron chi connectivity index (χ2n) is 2.28. The van der Waals surface area contributed by atoms with E-state index in [1.54, 1.807) is 7.11 Å². The van der Waals surface area contributed by atoms with Gasteiger partial charge in [0, 0.05) is 7.11 Å². The first kappa shape index (κ1) is 7.51. The van der Waals surface area contributed by atoms with Crippen molar-refractivity contribution in [3.63, 3.8) is 0 Å². The van der Waals surface area contributed by atoms with Crippen molar-refractivity contribution in [1.29, 1.82) is 0 Å². The second-order valence-corrected chi connectivity index (χ2v) is 2.28. The summed E-state index contributed by atoms with van der Waals surface area (Å²) in [6.07, 6.45) is 8.35. The van der Waals surface area contributed by atoms with Gasteiger partial charge in [0.2, 0.25) is 0 Å². The molecule has 0 saturated heterocycles. The van der Waals surface area contributed by atoms with E-state index >= 15 is 0 Å². The smallest absolute Gasteiger partial charge is 0.0943 e. The van der Waals surface area contributed by atoms with Crippen LogP contribution in [-0.2, 0) is 4.74 Å². The highest BCUT2D eigenvalue weighted by Crippen LogP contribution is 2.06. The van der Waals surface area contributed by atoms with Crippen LogP contribution in [0.1, 0.15) is 0 Å². The first-order chi connectivity index (χ1) is 4.88. The van der Waals surface area contributed by atoms with E-state index < -0.39 is 0 Å². The minimum absolute atomic E-state index is 0.190. The topological polar surface area (TPSA) is 21.3 Å². The lowest BCUT2D eigenvalue weighted by atomic mass is 10.1. The van der Waals surface area contributed by atoms with E-state index in [-0.39, 0.29) is 6.10 Å². The molecule has 0 aromatic carbocycles. The zero-order valence-electron chi connectivity index (χ0n) is 6.37. The third kappa shape index (κ3) is 1.46. The van der Waals surface area contributed by atoms with Gasteiger partial charge >= 0.3 is 0 Å². The van der Waals surface area contributed by atoms with Gasteiger partial charge in [0.05, 0.1) is 12.1 Å². The van der Waals surface area contributed by atoms with Crippen molar-refractivity contribution in [2.24, 2.45) is 0 Å². The molecule has 0 aromatic heterocycles. The van der Waals surface area contributed by atoms with Crippen molar-refractivity contribution in [1.82, 2.24) is 5.32 Å². The number of methoxy groups -OCH3 is 1. The highest BCUT2D eigenvalue weighted by molar-refractivity contribution is 5.18. The Bertz CT molecular complexity index is 133. The maximum atomic E-state index is 5.19. The summed E-state index contributed by atoms with van der Waals surface area (Å²) in [6, 6.07) is 0.329. The number of nitrogens with one attached hydrogen (secondary N) is 1. The lowest BCUT2D eigenvalue weighted by molar-refractivity contribution is 0.121. The van der Waals surface area contributed by atoms with Gasteiger partial charge in [-0.1, -0.05) is 24.3 Å². The highest BCUT2D eigenvalue weighted by Gasteiger charge is 2.14. The first-order valence-corrected chi connectivity index (χ1v) is 3.43. The lowest BCUT2D eigenvalue weighted by Crippen LogP contribution is -2.36. The summed E-state index contributed by atoms with van der Waals surface area (Å²) in [5.41, 5.74) is 0. The van der Waals surface area contributed by atoms with E-state index in [0.717, 1.165) is 0 Å². The summed E-state index contributed by atoms with van der Waals surface area (Å²) in [5.74, 6) is 0. The Morgan fingerprint density at radius 1 is 1.30 bits per heavy atom. The molecule has 2 heteroatoms. The van der Waals surface area contributed by atoms with Crippen molar-refractivity contribution in [3.8, 4) is 0 Å². The maximum Gasteiger partial charge on any atom is 0.0943 e. The van der Waals surface area contributed by atoms with Crippen LogP contribution in [0.4, 0.5) is 0 Å². The molecule has 2 unspecified atom stereocenters. The average molecular weight is 139 g/mol.